The van der Waals surface area contributed by atoms with Gasteiger partial charge in [-0.2, -0.15) is 0 Å². The lowest BCUT2D eigenvalue weighted by atomic mass is 9.72. The number of benzene rings is 4. The molecule has 5 fully saturated rings. The van der Waals surface area contributed by atoms with Crippen LogP contribution in [0.4, 0.5) is 0 Å². The van der Waals surface area contributed by atoms with Crippen LogP contribution in [0.3, 0.4) is 0 Å². The molecule has 5 heterocycles. The summed E-state index contributed by atoms with van der Waals surface area (Å²) in [7, 11) is -2.40. The van der Waals surface area contributed by atoms with Gasteiger partial charge in [-0.25, -0.2) is 0 Å². The van der Waals surface area contributed by atoms with E-state index in [-0.39, 0.29) is 54.1 Å². The average molecular weight is 1220 g/mol. The van der Waals surface area contributed by atoms with Crippen molar-refractivity contribution in [1.29, 1.82) is 0 Å². The molecule has 14 atom stereocenters. The Bertz CT molecular complexity index is 2520. The van der Waals surface area contributed by atoms with Gasteiger partial charge < -0.3 is 51.8 Å². The van der Waals surface area contributed by atoms with E-state index in [0.717, 1.165) is 39.5 Å². The van der Waals surface area contributed by atoms with Gasteiger partial charge in [0.1, 0.15) is 23.4 Å². The van der Waals surface area contributed by atoms with Gasteiger partial charge in [-0.15, -0.1) is 0 Å². The summed E-state index contributed by atoms with van der Waals surface area (Å²) in [5, 5.41) is -0.0913. The number of carbonyl (C=O) groups is 1. The molecule has 0 spiro atoms. The number of hydrogen-bond acceptors (Lipinski definition) is 12. The predicted octanol–water partition coefficient (Wildman–Crippen LogP) is 13.2. The third kappa shape index (κ3) is 15.0. The normalized spacial score (nSPS) is 33.7. The van der Waals surface area contributed by atoms with Crippen molar-refractivity contribution >= 4 is 36.9 Å². The Kier molecular flexibility index (Phi) is 20.1. The third-order valence-electron chi connectivity index (χ3n) is 18.0. The third-order valence-corrected chi connectivity index (χ3v) is 23.1. The van der Waals surface area contributed by atoms with Crippen LogP contribution in [0.25, 0.3) is 0 Å². The zero-order valence-corrected chi connectivity index (χ0v) is 51.6. The Labute approximate surface area is 486 Å². The van der Waals surface area contributed by atoms with Gasteiger partial charge in [0.2, 0.25) is 0 Å². The van der Waals surface area contributed by atoms with Gasteiger partial charge in [0.15, 0.2) is 8.32 Å². The van der Waals surface area contributed by atoms with Gasteiger partial charge in [-0.1, -0.05) is 165 Å². The van der Waals surface area contributed by atoms with Crippen LogP contribution in [0.1, 0.15) is 129 Å². The number of ether oxygens (including phenoxy) is 10. The predicted molar refractivity (Wildman–Crippen MR) is 316 cm³/mol. The number of alkyl halides is 1. The highest BCUT2D eigenvalue weighted by molar-refractivity contribution is 14.1. The molecule has 0 unspecified atom stereocenters. The number of halogens is 1. The van der Waals surface area contributed by atoms with E-state index < -0.39 is 55.1 Å². The summed E-state index contributed by atoms with van der Waals surface area (Å²) >= 11 is 2.41. The van der Waals surface area contributed by atoms with Crippen LogP contribution >= 0.6 is 22.6 Å². The first-order valence-electron chi connectivity index (χ1n) is 29.1. The van der Waals surface area contributed by atoms with Crippen molar-refractivity contribution in [1.82, 2.24) is 0 Å². The summed E-state index contributed by atoms with van der Waals surface area (Å²) in [4.78, 5) is 14.9. The van der Waals surface area contributed by atoms with E-state index in [1.165, 1.54) is 0 Å². The minimum atomic E-state index is -2.40. The Morgan fingerprint density at radius 2 is 1.16 bits per heavy atom. The minimum Gasteiger partial charge on any atom is -0.459 e. The van der Waals surface area contributed by atoms with E-state index in [2.05, 4.69) is 133 Å². The molecule has 0 amide bonds. The Balaban J connectivity index is 0.917. The SMILES string of the molecule is CC(C)(C)[Si](C)(C)O[C@@H]1C[C@@H]2O[C@@H]3C[C@H](OCc4ccccc4)[C@@H](COCc4ccccc4)O[C@@]3(C)C[C@@]2(C)O[C@H]1CC(=O)O[C@H]1C[C@H]2O[C@@H](CCCOCc3ccccc3)C[C@H](OCc3ccccc3)[C@]2(C)O[C@]1(C)CCI. The Hall–Kier alpha value is -3.10. The van der Waals surface area contributed by atoms with E-state index in [1.54, 1.807) is 0 Å². The summed E-state index contributed by atoms with van der Waals surface area (Å²) in [6.45, 7) is 22.7. The van der Waals surface area contributed by atoms with E-state index in [9.17, 15) is 4.79 Å². The summed E-state index contributed by atoms with van der Waals surface area (Å²) in [5.41, 5.74) is 1.29. The van der Waals surface area contributed by atoms with E-state index in [4.69, 9.17) is 51.8 Å². The molecular weight excluding hydrogens is 1130 g/mol. The zero-order chi connectivity index (χ0) is 55.9. The van der Waals surface area contributed by atoms with Crippen molar-refractivity contribution in [2.24, 2.45) is 0 Å². The van der Waals surface area contributed by atoms with E-state index in [0.29, 0.717) is 78.2 Å². The van der Waals surface area contributed by atoms with Crippen molar-refractivity contribution in [3.05, 3.63) is 144 Å². The van der Waals surface area contributed by atoms with E-state index >= 15 is 0 Å². The molecule has 0 aliphatic carbocycles. The highest BCUT2D eigenvalue weighted by Crippen LogP contribution is 2.52. The van der Waals surface area contributed by atoms with Crippen molar-refractivity contribution < 1.29 is 56.6 Å². The van der Waals surface area contributed by atoms with Gasteiger partial charge in [-0.05, 0) is 87.3 Å². The van der Waals surface area contributed by atoms with Crippen LogP contribution in [0.2, 0.25) is 18.1 Å². The second kappa shape index (κ2) is 26.2. The quantitative estimate of drug-likeness (QED) is 0.0231. The topological polar surface area (TPSA) is 119 Å². The van der Waals surface area contributed by atoms with Gasteiger partial charge >= 0.3 is 5.97 Å². The largest absolute Gasteiger partial charge is 0.459 e. The molecule has 0 radical (unpaired) electrons. The maximum atomic E-state index is 14.9. The minimum absolute atomic E-state index is 0.00196. The molecule has 5 aliphatic heterocycles. The fourth-order valence-electron chi connectivity index (χ4n) is 12.5. The van der Waals surface area contributed by atoms with Gasteiger partial charge in [0.05, 0.1) is 99.5 Å². The van der Waals surface area contributed by atoms with Crippen LogP contribution in [-0.4, -0.2) is 115 Å². The van der Waals surface area contributed by atoms with Gasteiger partial charge in [0, 0.05) is 43.1 Å². The first-order chi connectivity index (χ1) is 37.8. The maximum absolute atomic E-state index is 14.9. The molecule has 12 nitrogen and oxygen atoms in total. The van der Waals surface area contributed by atoms with Crippen LogP contribution in [-0.2, 0) is 83.0 Å². The molecule has 0 bridgehead atoms. The summed E-state index contributed by atoms with van der Waals surface area (Å²) in [6, 6.07) is 41.0. The molecule has 0 N–H and O–H groups in total. The van der Waals surface area contributed by atoms with Crippen LogP contribution in [0.15, 0.2) is 121 Å². The fraction of sp³-hybridized carbons (Fsp3) is 0.615. The lowest BCUT2D eigenvalue weighted by Crippen LogP contribution is -2.70. The lowest BCUT2D eigenvalue weighted by Gasteiger charge is -2.60. The molecule has 4 aromatic carbocycles. The molecule has 79 heavy (non-hydrogen) atoms. The summed E-state index contributed by atoms with van der Waals surface area (Å²) in [6.07, 6.45) is 1.60. The zero-order valence-electron chi connectivity index (χ0n) is 48.4. The molecule has 0 aromatic heterocycles. The first kappa shape index (κ1) is 60.5. The summed E-state index contributed by atoms with van der Waals surface area (Å²) in [5.74, 6) is -0.351. The second-order valence-corrected chi connectivity index (χ2v) is 31.2. The highest BCUT2D eigenvalue weighted by Gasteiger charge is 2.63. The first-order valence-corrected chi connectivity index (χ1v) is 33.5. The van der Waals surface area contributed by atoms with Crippen molar-refractivity contribution in [2.45, 2.75) is 234 Å². The Morgan fingerprint density at radius 1 is 0.633 bits per heavy atom. The molecule has 0 saturated carbocycles. The van der Waals surface area contributed by atoms with Crippen molar-refractivity contribution in [2.75, 3.05) is 17.6 Å². The number of fused-ring (bicyclic) bond motifs is 3. The van der Waals surface area contributed by atoms with Gasteiger partial charge in [-0.3, -0.25) is 4.79 Å². The van der Waals surface area contributed by atoms with Crippen molar-refractivity contribution in [3.8, 4) is 0 Å². The lowest BCUT2D eigenvalue weighted by molar-refractivity contribution is -0.345. The van der Waals surface area contributed by atoms with Crippen LogP contribution < -0.4 is 0 Å². The molecule has 4 aromatic rings. The second-order valence-electron chi connectivity index (χ2n) is 25.4. The molecule has 5 saturated heterocycles. The maximum Gasteiger partial charge on any atom is 0.308 e. The van der Waals surface area contributed by atoms with Crippen molar-refractivity contribution in [3.63, 3.8) is 0 Å². The molecular formula is C65H89IO12Si. The van der Waals surface area contributed by atoms with Crippen LogP contribution in [0, 0.1) is 0 Å². The van der Waals surface area contributed by atoms with Crippen LogP contribution in [0.5, 0.6) is 0 Å². The monoisotopic (exact) mass is 1220 g/mol. The fourth-order valence-corrected chi connectivity index (χ4v) is 14.9. The standard InChI is InChI=1S/C65H89IO12Si/c1-61(2,3)79(8,9)77-53-37-56-63(5,45-64(6)55(73-56)36-51(70-42-48-27-18-12-19-28-48)54(76-64)44-69-41-47-25-16-11-17-26-47)75-52(53)38-60(67)74-57-39-59-65(7,78-62(57,4)32-33-66)58(71-43-49-29-20-13-21-30-49)35-50(72-59)31-22-34-68-40-46-23-14-10-15-24-46/h10-21,23-30,50-59H,22,31-45H2,1-9H3/t50-,51-,52-,53+,54+,55+,56-,57-,58-,59+,62+,63+,64-,65-/m0/s1. The highest BCUT2D eigenvalue weighted by atomic mass is 127. The molecule has 432 valence electrons. The average Bonchev–Trinajstić information content (AvgIpc) is 3.41. The molecule has 14 heteroatoms. The smallest absolute Gasteiger partial charge is 0.308 e. The molecule has 9 rings (SSSR count). The number of carbonyl (C=O) groups excluding carboxylic acids is 1. The Morgan fingerprint density at radius 3 is 1.73 bits per heavy atom. The molecule has 5 aliphatic rings. The number of hydrogen-bond donors (Lipinski definition) is 0. The number of esters is 1. The summed E-state index contributed by atoms with van der Waals surface area (Å²) < 4.78 is 77.2. The number of rotatable bonds is 23. The van der Waals surface area contributed by atoms with Gasteiger partial charge in [0.25, 0.3) is 0 Å². The van der Waals surface area contributed by atoms with E-state index in [1.807, 2.05) is 72.8 Å².